The number of carboxylic acids is 1. The van der Waals surface area contributed by atoms with Gasteiger partial charge in [-0.3, -0.25) is 0 Å². The zero-order chi connectivity index (χ0) is 12.7. The Morgan fingerprint density at radius 2 is 2.00 bits per heavy atom. The molecule has 0 spiro atoms. The normalized spacial score (nSPS) is 14.7. The number of halogens is 1. The average Bonchev–Trinajstić information content (AvgIpc) is 3.09. The molecule has 0 amide bonds. The summed E-state index contributed by atoms with van der Waals surface area (Å²) in [4.78, 5) is 16.0. The van der Waals surface area contributed by atoms with Crippen LogP contribution in [0.5, 0.6) is 0 Å². The Kier molecular flexibility index (Phi) is 2.63. The van der Waals surface area contributed by atoms with Gasteiger partial charge in [-0.15, -0.1) is 11.3 Å². The molecule has 0 bridgehead atoms. The molecular weight excluding hydrogens is 253 g/mol. The van der Waals surface area contributed by atoms with Crippen LogP contribution in [-0.4, -0.2) is 16.1 Å². The van der Waals surface area contributed by atoms with Crippen molar-refractivity contribution < 1.29 is 14.3 Å². The van der Waals surface area contributed by atoms with Gasteiger partial charge in [0.05, 0.1) is 9.88 Å². The van der Waals surface area contributed by atoms with E-state index in [1.165, 1.54) is 23.5 Å². The van der Waals surface area contributed by atoms with Crippen LogP contribution in [0.2, 0.25) is 0 Å². The van der Waals surface area contributed by atoms with E-state index in [1.807, 2.05) is 0 Å². The first-order chi connectivity index (χ1) is 8.65. The number of rotatable bonds is 3. The van der Waals surface area contributed by atoms with Gasteiger partial charge in [0.15, 0.2) is 5.69 Å². The van der Waals surface area contributed by atoms with Crippen LogP contribution in [0.4, 0.5) is 4.39 Å². The molecule has 1 aliphatic carbocycles. The average molecular weight is 263 g/mol. The van der Waals surface area contributed by atoms with E-state index >= 15 is 0 Å². The van der Waals surface area contributed by atoms with E-state index in [0.717, 1.165) is 17.8 Å². The summed E-state index contributed by atoms with van der Waals surface area (Å²) in [5.41, 5.74) is 0.784. The third-order valence-electron chi connectivity index (χ3n) is 2.88. The van der Waals surface area contributed by atoms with Crippen LogP contribution < -0.4 is 0 Å². The fourth-order valence-electron chi connectivity index (χ4n) is 1.78. The second kappa shape index (κ2) is 4.17. The molecule has 1 heterocycles. The van der Waals surface area contributed by atoms with E-state index in [-0.39, 0.29) is 11.5 Å². The minimum atomic E-state index is -1.03. The summed E-state index contributed by atoms with van der Waals surface area (Å²) >= 11 is 1.40. The van der Waals surface area contributed by atoms with Gasteiger partial charge >= 0.3 is 5.97 Å². The second-order valence-electron chi connectivity index (χ2n) is 4.32. The van der Waals surface area contributed by atoms with Crippen molar-refractivity contribution in [3.8, 4) is 10.4 Å². The second-order valence-corrected chi connectivity index (χ2v) is 5.35. The predicted octanol–water partition coefficient (Wildman–Crippen LogP) is 3.52. The first-order valence-corrected chi connectivity index (χ1v) is 6.47. The highest BCUT2D eigenvalue weighted by molar-refractivity contribution is 7.15. The molecule has 0 atom stereocenters. The van der Waals surface area contributed by atoms with Crippen molar-refractivity contribution in [2.45, 2.75) is 18.8 Å². The Morgan fingerprint density at radius 3 is 2.56 bits per heavy atom. The van der Waals surface area contributed by atoms with Crippen LogP contribution in [0.3, 0.4) is 0 Å². The van der Waals surface area contributed by atoms with Crippen LogP contribution in [0, 0.1) is 5.82 Å². The van der Waals surface area contributed by atoms with Crippen molar-refractivity contribution in [3.05, 3.63) is 40.8 Å². The molecule has 1 fully saturated rings. The van der Waals surface area contributed by atoms with Gasteiger partial charge in [-0.25, -0.2) is 14.2 Å². The maximum absolute atomic E-state index is 12.9. The number of hydrogen-bond donors (Lipinski definition) is 1. The summed E-state index contributed by atoms with van der Waals surface area (Å²) in [5, 5.41) is 10.0. The van der Waals surface area contributed by atoms with Gasteiger partial charge < -0.3 is 5.11 Å². The molecule has 1 aliphatic rings. The molecule has 3 rings (SSSR count). The summed E-state index contributed by atoms with van der Waals surface area (Å²) in [6, 6.07) is 5.84. The van der Waals surface area contributed by atoms with Crippen molar-refractivity contribution in [2.24, 2.45) is 0 Å². The summed E-state index contributed by atoms with van der Waals surface area (Å²) < 4.78 is 12.9. The van der Waals surface area contributed by atoms with Gasteiger partial charge in [-0.1, -0.05) is 12.1 Å². The van der Waals surface area contributed by atoms with Crippen LogP contribution >= 0.6 is 11.3 Å². The largest absolute Gasteiger partial charge is 0.476 e. The third-order valence-corrected chi connectivity index (χ3v) is 4.15. The molecule has 0 aliphatic heterocycles. The van der Waals surface area contributed by atoms with Gasteiger partial charge in [0.1, 0.15) is 5.82 Å². The van der Waals surface area contributed by atoms with Crippen molar-refractivity contribution in [3.63, 3.8) is 0 Å². The van der Waals surface area contributed by atoms with E-state index in [1.54, 1.807) is 12.1 Å². The molecule has 1 aromatic carbocycles. The molecule has 92 valence electrons. The molecule has 1 aromatic heterocycles. The molecule has 0 radical (unpaired) electrons. The predicted molar refractivity (Wildman–Crippen MR) is 66.4 cm³/mol. The van der Waals surface area contributed by atoms with Crippen LogP contribution in [0.25, 0.3) is 10.4 Å². The number of benzene rings is 1. The molecule has 1 N–H and O–H groups in total. The molecular formula is C13H10FNO2S. The maximum Gasteiger partial charge on any atom is 0.356 e. The molecule has 5 heteroatoms. The number of carboxylic acid groups (broad SMARTS) is 1. The van der Waals surface area contributed by atoms with Crippen molar-refractivity contribution in [2.75, 3.05) is 0 Å². The summed E-state index contributed by atoms with van der Waals surface area (Å²) in [5.74, 6) is -0.942. The lowest BCUT2D eigenvalue weighted by Crippen LogP contribution is -1.99. The van der Waals surface area contributed by atoms with Crippen molar-refractivity contribution in [1.82, 2.24) is 4.98 Å². The van der Waals surface area contributed by atoms with Crippen molar-refractivity contribution >= 4 is 17.3 Å². The van der Waals surface area contributed by atoms with E-state index in [2.05, 4.69) is 4.98 Å². The summed E-state index contributed by atoms with van der Waals surface area (Å²) in [7, 11) is 0. The summed E-state index contributed by atoms with van der Waals surface area (Å²) in [6.07, 6.45) is 2.16. The number of aromatic carboxylic acids is 1. The molecule has 1 saturated carbocycles. The number of nitrogens with zero attached hydrogens (tertiary/aromatic N) is 1. The van der Waals surface area contributed by atoms with Gasteiger partial charge in [0.2, 0.25) is 0 Å². The highest BCUT2D eigenvalue weighted by Gasteiger charge is 2.30. The van der Waals surface area contributed by atoms with E-state index in [4.69, 9.17) is 5.11 Å². The highest BCUT2D eigenvalue weighted by atomic mass is 32.1. The Bertz CT molecular complexity index is 602. The number of hydrogen-bond acceptors (Lipinski definition) is 3. The first kappa shape index (κ1) is 11.3. The lowest BCUT2D eigenvalue weighted by atomic mass is 10.1. The van der Waals surface area contributed by atoms with Gasteiger partial charge in [0.25, 0.3) is 0 Å². The molecule has 0 unspecified atom stereocenters. The Morgan fingerprint density at radius 1 is 1.33 bits per heavy atom. The van der Waals surface area contributed by atoms with Gasteiger partial charge in [-0.2, -0.15) is 0 Å². The Labute approximate surface area is 107 Å². The standard InChI is InChI=1S/C13H10FNO2S/c14-9-5-3-7(4-6-9)11-10(13(16)17)15-12(18-11)8-1-2-8/h3-6,8H,1-2H2,(H,16,17). The Hall–Kier alpha value is -1.75. The van der Waals surface area contributed by atoms with Gasteiger partial charge in [-0.05, 0) is 30.5 Å². The summed E-state index contributed by atoms with van der Waals surface area (Å²) in [6.45, 7) is 0. The molecule has 3 nitrogen and oxygen atoms in total. The minimum Gasteiger partial charge on any atom is -0.476 e. The molecule has 2 aromatic rings. The van der Waals surface area contributed by atoms with E-state index < -0.39 is 5.97 Å². The maximum atomic E-state index is 12.9. The zero-order valence-corrected chi connectivity index (χ0v) is 10.2. The van der Waals surface area contributed by atoms with Crippen LogP contribution in [0.1, 0.15) is 34.3 Å². The SMILES string of the molecule is O=C(O)c1nc(C2CC2)sc1-c1ccc(F)cc1. The molecule has 0 saturated heterocycles. The first-order valence-electron chi connectivity index (χ1n) is 5.65. The van der Waals surface area contributed by atoms with Crippen LogP contribution in [0.15, 0.2) is 24.3 Å². The third kappa shape index (κ3) is 2.01. The van der Waals surface area contributed by atoms with E-state index in [9.17, 15) is 9.18 Å². The quantitative estimate of drug-likeness (QED) is 0.921. The number of carbonyl (C=O) groups is 1. The highest BCUT2D eigenvalue weighted by Crippen LogP contribution is 2.44. The fraction of sp³-hybridized carbons (Fsp3) is 0.231. The smallest absolute Gasteiger partial charge is 0.356 e. The zero-order valence-electron chi connectivity index (χ0n) is 9.39. The molecule has 18 heavy (non-hydrogen) atoms. The number of thiazole rings is 1. The van der Waals surface area contributed by atoms with Crippen LogP contribution in [-0.2, 0) is 0 Å². The van der Waals surface area contributed by atoms with Gasteiger partial charge in [0, 0.05) is 5.92 Å². The Balaban J connectivity index is 2.08. The lowest BCUT2D eigenvalue weighted by molar-refractivity contribution is 0.0692. The number of aromatic nitrogens is 1. The monoisotopic (exact) mass is 263 g/mol. The minimum absolute atomic E-state index is 0.0773. The lowest BCUT2D eigenvalue weighted by Gasteiger charge is -1.98. The van der Waals surface area contributed by atoms with E-state index in [0.29, 0.717) is 16.4 Å². The fourth-order valence-corrected chi connectivity index (χ4v) is 3.02. The van der Waals surface area contributed by atoms with Crippen molar-refractivity contribution in [1.29, 1.82) is 0 Å². The topological polar surface area (TPSA) is 50.2 Å².